The van der Waals surface area contributed by atoms with Gasteiger partial charge in [0.1, 0.15) is 17.3 Å². The van der Waals surface area contributed by atoms with E-state index in [-0.39, 0.29) is 0 Å². The molecule has 2 aliphatic heterocycles. The number of hydrogen-bond donors (Lipinski definition) is 1. The molecular weight excluding hydrogens is 434 g/mol. The number of nitrogens with zero attached hydrogens (tertiary/aromatic N) is 3. The summed E-state index contributed by atoms with van der Waals surface area (Å²) in [6.45, 7) is 7.25. The zero-order valence-electron chi connectivity index (χ0n) is 16.6. The maximum Gasteiger partial charge on any atom is 0.310 e. The highest BCUT2D eigenvalue weighted by Gasteiger charge is 2.32. The van der Waals surface area contributed by atoms with E-state index in [1.807, 2.05) is 42.5 Å². The van der Waals surface area contributed by atoms with Crippen molar-refractivity contribution in [3.05, 3.63) is 52.5 Å². The van der Waals surface area contributed by atoms with E-state index in [1.165, 1.54) is 0 Å². The third-order valence-electron chi connectivity index (χ3n) is 5.37. The molecule has 0 radical (unpaired) electrons. The normalized spacial score (nSPS) is 16.9. The zero-order chi connectivity index (χ0) is 20.6. The van der Waals surface area contributed by atoms with Crippen molar-refractivity contribution in [1.29, 1.82) is 0 Å². The van der Waals surface area contributed by atoms with Gasteiger partial charge in [0.25, 0.3) is 0 Å². The molecule has 29 heavy (non-hydrogen) atoms. The molecule has 2 aliphatic rings. The molecule has 1 saturated heterocycles. The highest BCUT2D eigenvalue weighted by molar-refractivity contribution is 9.10. The van der Waals surface area contributed by atoms with Crippen LogP contribution in [0.5, 0.6) is 11.5 Å². The fraction of sp³-hybridized carbons (Fsp3) is 0.364. The van der Waals surface area contributed by atoms with Gasteiger partial charge < -0.3 is 14.7 Å². The first-order chi connectivity index (χ1) is 13.8. The van der Waals surface area contributed by atoms with Gasteiger partial charge >= 0.3 is 5.97 Å². The lowest BCUT2D eigenvalue weighted by molar-refractivity contribution is -0.148. The van der Waals surface area contributed by atoms with Gasteiger partial charge in [0.2, 0.25) is 0 Å². The van der Waals surface area contributed by atoms with Gasteiger partial charge in [-0.3, -0.25) is 9.69 Å². The summed E-state index contributed by atoms with van der Waals surface area (Å²) in [5.74, 6) is 1.65. The highest BCUT2D eigenvalue weighted by atomic mass is 79.9. The van der Waals surface area contributed by atoms with Crippen molar-refractivity contribution in [2.24, 2.45) is 10.4 Å². The van der Waals surface area contributed by atoms with E-state index in [9.17, 15) is 9.90 Å². The fourth-order valence-corrected chi connectivity index (χ4v) is 4.02. The van der Waals surface area contributed by atoms with Crippen molar-refractivity contribution < 1.29 is 14.6 Å². The first kappa shape index (κ1) is 19.9. The summed E-state index contributed by atoms with van der Waals surface area (Å²) in [7, 11) is 0. The van der Waals surface area contributed by atoms with Crippen molar-refractivity contribution in [2.45, 2.75) is 13.8 Å². The van der Waals surface area contributed by atoms with Crippen LogP contribution < -0.4 is 4.74 Å². The predicted molar refractivity (Wildman–Crippen MR) is 116 cm³/mol. The molecule has 0 aromatic heterocycles. The number of rotatable bonds is 3. The second kappa shape index (κ2) is 7.80. The number of amidine groups is 1. The Balaban J connectivity index is 1.60. The second-order valence-electron chi connectivity index (χ2n) is 8.10. The van der Waals surface area contributed by atoms with Gasteiger partial charge in [0, 0.05) is 37.2 Å². The Morgan fingerprint density at radius 1 is 1.14 bits per heavy atom. The molecule has 0 aliphatic carbocycles. The summed E-state index contributed by atoms with van der Waals surface area (Å²) in [5.41, 5.74) is 1.01. The van der Waals surface area contributed by atoms with Crippen molar-refractivity contribution >= 4 is 33.4 Å². The van der Waals surface area contributed by atoms with Crippen LogP contribution in [0.25, 0.3) is 0 Å². The first-order valence-electron chi connectivity index (χ1n) is 9.70. The number of carboxylic acids is 1. The molecule has 6 nitrogen and oxygen atoms in total. The zero-order valence-corrected chi connectivity index (χ0v) is 18.1. The molecule has 0 unspecified atom stereocenters. The van der Waals surface area contributed by atoms with Crippen molar-refractivity contribution in [3.8, 4) is 11.5 Å². The Labute approximate surface area is 178 Å². The number of aliphatic imine (C=N–C) groups is 1. The lowest BCUT2D eigenvalue weighted by Crippen LogP contribution is -2.52. The maximum absolute atomic E-state index is 11.5. The summed E-state index contributed by atoms with van der Waals surface area (Å²) >= 11 is 3.53. The molecule has 1 N–H and O–H groups in total. The molecule has 4 rings (SSSR count). The van der Waals surface area contributed by atoms with Crippen LogP contribution in [0.1, 0.15) is 19.4 Å². The SMILES string of the molecule is CC(C)(CN1CCN(C2=Nc3ccccc3Oc3cc(Br)ccc32)CC1)C(=O)O. The van der Waals surface area contributed by atoms with E-state index in [0.717, 1.165) is 59.2 Å². The minimum absolute atomic E-state index is 0.540. The van der Waals surface area contributed by atoms with Gasteiger partial charge in [-0.25, -0.2) is 4.99 Å². The molecule has 152 valence electrons. The van der Waals surface area contributed by atoms with Crippen LogP contribution in [0.4, 0.5) is 5.69 Å². The molecule has 0 spiro atoms. The summed E-state index contributed by atoms with van der Waals surface area (Å²) < 4.78 is 7.13. The van der Waals surface area contributed by atoms with E-state index < -0.39 is 11.4 Å². The monoisotopic (exact) mass is 457 g/mol. The number of aliphatic carboxylic acids is 1. The van der Waals surface area contributed by atoms with Gasteiger partial charge in [-0.15, -0.1) is 0 Å². The van der Waals surface area contributed by atoms with Gasteiger partial charge in [-0.1, -0.05) is 28.1 Å². The smallest absolute Gasteiger partial charge is 0.310 e. The molecule has 0 saturated carbocycles. The van der Waals surface area contributed by atoms with E-state index in [4.69, 9.17) is 9.73 Å². The average molecular weight is 458 g/mol. The molecule has 2 heterocycles. The summed E-state index contributed by atoms with van der Waals surface area (Å²) in [6.07, 6.45) is 0. The van der Waals surface area contributed by atoms with Gasteiger partial charge in [-0.05, 0) is 44.2 Å². The van der Waals surface area contributed by atoms with Crippen LogP contribution in [0.2, 0.25) is 0 Å². The number of carbonyl (C=O) groups is 1. The Kier molecular flexibility index (Phi) is 5.36. The quantitative estimate of drug-likeness (QED) is 0.741. The lowest BCUT2D eigenvalue weighted by Gasteiger charge is -2.38. The lowest BCUT2D eigenvalue weighted by atomic mass is 9.93. The molecule has 0 bridgehead atoms. The van der Waals surface area contributed by atoms with Crippen LogP contribution in [0.15, 0.2) is 51.9 Å². The van der Waals surface area contributed by atoms with E-state index in [0.29, 0.717) is 6.54 Å². The van der Waals surface area contributed by atoms with E-state index >= 15 is 0 Å². The Morgan fingerprint density at radius 3 is 2.59 bits per heavy atom. The van der Waals surface area contributed by atoms with Gasteiger partial charge in [0.05, 0.1) is 11.0 Å². The molecule has 2 aromatic carbocycles. The van der Waals surface area contributed by atoms with Crippen molar-refractivity contribution in [1.82, 2.24) is 9.80 Å². The topological polar surface area (TPSA) is 65.4 Å². The van der Waals surface area contributed by atoms with Crippen LogP contribution in [-0.2, 0) is 4.79 Å². The maximum atomic E-state index is 11.5. The van der Waals surface area contributed by atoms with Crippen LogP contribution in [0.3, 0.4) is 0 Å². The number of benzene rings is 2. The molecule has 7 heteroatoms. The van der Waals surface area contributed by atoms with Crippen LogP contribution in [-0.4, -0.2) is 59.4 Å². The number of carboxylic acid groups (broad SMARTS) is 1. The molecular formula is C22H24BrN3O3. The Hall–Kier alpha value is -2.38. The number of para-hydroxylation sites is 2. The Bertz CT molecular complexity index is 966. The van der Waals surface area contributed by atoms with Gasteiger partial charge in [0.15, 0.2) is 5.75 Å². The summed E-state index contributed by atoms with van der Waals surface area (Å²) in [4.78, 5) is 20.9. The molecule has 2 aromatic rings. The van der Waals surface area contributed by atoms with E-state index in [1.54, 1.807) is 13.8 Å². The predicted octanol–water partition coefficient (Wildman–Crippen LogP) is 4.36. The van der Waals surface area contributed by atoms with Crippen LogP contribution >= 0.6 is 15.9 Å². The average Bonchev–Trinajstić information content (AvgIpc) is 2.84. The number of fused-ring (bicyclic) bond motifs is 2. The van der Waals surface area contributed by atoms with Crippen molar-refractivity contribution in [3.63, 3.8) is 0 Å². The van der Waals surface area contributed by atoms with Gasteiger partial charge in [-0.2, -0.15) is 0 Å². The highest BCUT2D eigenvalue weighted by Crippen LogP contribution is 2.39. The Morgan fingerprint density at radius 2 is 1.86 bits per heavy atom. The molecule has 0 amide bonds. The number of ether oxygens (including phenoxy) is 1. The minimum Gasteiger partial charge on any atom is -0.481 e. The standard InChI is InChI=1S/C22H24BrN3O3/c1-22(2,21(27)28)14-25-9-11-26(12-10-25)20-16-8-7-15(23)13-19(16)29-18-6-4-3-5-17(18)24-20/h3-8,13H,9-12,14H2,1-2H3,(H,27,28). The second-order valence-corrected chi connectivity index (χ2v) is 9.01. The third kappa shape index (κ3) is 4.16. The third-order valence-corrected chi connectivity index (χ3v) is 5.86. The van der Waals surface area contributed by atoms with E-state index in [2.05, 4.69) is 25.7 Å². The largest absolute Gasteiger partial charge is 0.481 e. The fourth-order valence-electron chi connectivity index (χ4n) is 3.68. The van der Waals surface area contributed by atoms with Crippen molar-refractivity contribution in [2.75, 3.05) is 32.7 Å². The molecule has 1 fully saturated rings. The number of hydrogen-bond acceptors (Lipinski definition) is 5. The summed E-state index contributed by atoms with van der Waals surface area (Å²) in [5, 5.41) is 9.41. The summed E-state index contributed by atoms with van der Waals surface area (Å²) in [6, 6.07) is 13.8. The van der Waals surface area contributed by atoms with Crippen LogP contribution in [0, 0.1) is 5.41 Å². The minimum atomic E-state index is -0.763. The first-order valence-corrected chi connectivity index (χ1v) is 10.5. The molecule has 0 atom stereocenters. The number of piperazine rings is 1. The number of halogens is 1.